The molecule has 0 aliphatic rings. The molecule has 3 nitrogen and oxygen atoms in total. The molecule has 2 aromatic carbocycles. The lowest BCUT2D eigenvalue weighted by Gasteiger charge is -2.22. The van der Waals surface area contributed by atoms with Crippen LogP contribution < -0.4 is 5.32 Å². The maximum Gasteiger partial charge on any atom is 0.256 e. The average molecular weight is 336 g/mol. The second-order valence-electron chi connectivity index (χ2n) is 5.34. The number of amides is 1. The van der Waals surface area contributed by atoms with Gasteiger partial charge in [-0.2, -0.15) is 0 Å². The van der Waals surface area contributed by atoms with Crippen LogP contribution in [0.25, 0.3) is 0 Å². The van der Waals surface area contributed by atoms with Gasteiger partial charge in [-0.25, -0.2) is 0 Å². The standard InChI is InChI=1S/C17H18ClNO2S/c1-12-6-8-15(9-7-12)22-11-17(2,21)16(20)19-14-5-3-4-13(18)10-14/h3-10,21H,11H2,1-2H3,(H,19,20)/t17-/m1/s1. The van der Waals surface area contributed by atoms with E-state index in [9.17, 15) is 9.90 Å². The SMILES string of the molecule is Cc1ccc(SC[C@@](C)(O)C(=O)Nc2cccc(Cl)c2)cc1. The third-order valence-electron chi connectivity index (χ3n) is 3.11. The van der Waals surface area contributed by atoms with Crippen LogP contribution in [0.2, 0.25) is 5.02 Å². The number of carbonyl (C=O) groups is 1. The Hall–Kier alpha value is -1.49. The summed E-state index contributed by atoms with van der Waals surface area (Å²) < 4.78 is 0. The molecule has 0 bridgehead atoms. The second kappa shape index (κ2) is 7.18. The fourth-order valence-electron chi connectivity index (χ4n) is 1.76. The summed E-state index contributed by atoms with van der Waals surface area (Å²) >= 11 is 7.32. The van der Waals surface area contributed by atoms with Gasteiger partial charge in [-0.3, -0.25) is 4.79 Å². The average Bonchev–Trinajstić information content (AvgIpc) is 2.47. The molecule has 0 saturated carbocycles. The van der Waals surface area contributed by atoms with E-state index in [2.05, 4.69) is 5.32 Å². The fraction of sp³-hybridized carbons (Fsp3) is 0.235. The zero-order valence-corrected chi connectivity index (χ0v) is 14.0. The van der Waals surface area contributed by atoms with Crippen LogP contribution in [0.15, 0.2) is 53.4 Å². The molecule has 0 fully saturated rings. The molecule has 2 rings (SSSR count). The van der Waals surface area contributed by atoms with Crippen molar-refractivity contribution in [2.45, 2.75) is 24.3 Å². The van der Waals surface area contributed by atoms with Crippen molar-refractivity contribution < 1.29 is 9.90 Å². The van der Waals surface area contributed by atoms with E-state index in [1.807, 2.05) is 31.2 Å². The number of aryl methyl sites for hydroxylation is 1. The number of halogens is 1. The van der Waals surface area contributed by atoms with E-state index in [1.165, 1.54) is 24.2 Å². The summed E-state index contributed by atoms with van der Waals surface area (Å²) in [7, 11) is 0. The molecule has 0 aromatic heterocycles. The van der Waals surface area contributed by atoms with Crippen molar-refractivity contribution in [2.24, 2.45) is 0 Å². The van der Waals surface area contributed by atoms with E-state index in [-0.39, 0.29) is 5.75 Å². The van der Waals surface area contributed by atoms with Gasteiger partial charge in [0.25, 0.3) is 5.91 Å². The van der Waals surface area contributed by atoms with Crippen LogP contribution in [-0.2, 0) is 4.79 Å². The van der Waals surface area contributed by atoms with Gasteiger partial charge in [-0.1, -0.05) is 35.4 Å². The maximum absolute atomic E-state index is 12.2. The fourth-order valence-corrected chi connectivity index (χ4v) is 2.85. The van der Waals surface area contributed by atoms with Crippen LogP contribution in [0.3, 0.4) is 0 Å². The number of hydrogen-bond donors (Lipinski definition) is 2. The Morgan fingerprint density at radius 3 is 2.59 bits per heavy atom. The number of benzene rings is 2. The van der Waals surface area contributed by atoms with Gasteiger partial charge < -0.3 is 10.4 Å². The van der Waals surface area contributed by atoms with Crippen molar-refractivity contribution in [1.29, 1.82) is 0 Å². The van der Waals surface area contributed by atoms with Gasteiger partial charge >= 0.3 is 0 Å². The smallest absolute Gasteiger partial charge is 0.256 e. The lowest BCUT2D eigenvalue weighted by atomic mass is 10.1. The van der Waals surface area contributed by atoms with Crippen molar-refractivity contribution in [1.82, 2.24) is 0 Å². The molecule has 0 saturated heterocycles. The van der Waals surface area contributed by atoms with Crippen molar-refractivity contribution in [3.63, 3.8) is 0 Å². The molecule has 5 heteroatoms. The van der Waals surface area contributed by atoms with Crippen LogP contribution in [-0.4, -0.2) is 22.4 Å². The number of anilines is 1. The largest absolute Gasteiger partial charge is 0.379 e. The van der Waals surface area contributed by atoms with Crippen molar-refractivity contribution in [3.05, 3.63) is 59.1 Å². The van der Waals surface area contributed by atoms with Crippen LogP contribution in [0.1, 0.15) is 12.5 Å². The van der Waals surface area contributed by atoms with Crippen LogP contribution in [0.4, 0.5) is 5.69 Å². The van der Waals surface area contributed by atoms with Gasteiger partial charge in [0.05, 0.1) is 0 Å². The lowest BCUT2D eigenvalue weighted by Crippen LogP contribution is -2.42. The molecule has 0 spiro atoms. The monoisotopic (exact) mass is 335 g/mol. The van der Waals surface area contributed by atoms with Gasteiger partial charge in [-0.05, 0) is 44.2 Å². The molecule has 0 aliphatic carbocycles. The predicted molar refractivity (Wildman–Crippen MR) is 92.6 cm³/mol. The number of thioether (sulfide) groups is 1. The highest BCUT2D eigenvalue weighted by atomic mass is 35.5. The Bertz CT molecular complexity index is 656. The molecule has 0 unspecified atom stereocenters. The number of nitrogens with one attached hydrogen (secondary N) is 1. The Morgan fingerprint density at radius 2 is 1.95 bits per heavy atom. The Kier molecular flexibility index (Phi) is 5.51. The maximum atomic E-state index is 12.2. The Morgan fingerprint density at radius 1 is 1.27 bits per heavy atom. The topological polar surface area (TPSA) is 49.3 Å². The minimum Gasteiger partial charge on any atom is -0.379 e. The molecule has 1 amide bonds. The van der Waals surface area contributed by atoms with Crippen molar-refractivity contribution >= 4 is 35.0 Å². The van der Waals surface area contributed by atoms with Crippen LogP contribution in [0.5, 0.6) is 0 Å². The van der Waals surface area contributed by atoms with Crippen LogP contribution in [0, 0.1) is 6.92 Å². The normalized spacial score (nSPS) is 13.5. The summed E-state index contributed by atoms with van der Waals surface area (Å²) in [6.45, 7) is 3.52. The summed E-state index contributed by atoms with van der Waals surface area (Å²) in [6.07, 6.45) is 0. The zero-order valence-electron chi connectivity index (χ0n) is 12.5. The number of aliphatic hydroxyl groups is 1. The summed E-state index contributed by atoms with van der Waals surface area (Å²) in [5.41, 5.74) is 0.269. The molecular formula is C17H18ClNO2S. The quantitative estimate of drug-likeness (QED) is 0.808. The minimum absolute atomic E-state index is 0.266. The van der Waals surface area contributed by atoms with E-state index in [1.54, 1.807) is 24.3 Å². The number of carbonyl (C=O) groups excluding carboxylic acids is 1. The summed E-state index contributed by atoms with van der Waals surface area (Å²) in [5.74, 6) is -0.183. The first-order chi connectivity index (χ1) is 10.4. The van der Waals surface area contributed by atoms with Crippen LogP contribution >= 0.6 is 23.4 Å². The molecule has 0 heterocycles. The highest BCUT2D eigenvalue weighted by Gasteiger charge is 2.30. The highest BCUT2D eigenvalue weighted by molar-refractivity contribution is 7.99. The molecule has 2 N–H and O–H groups in total. The first-order valence-electron chi connectivity index (χ1n) is 6.86. The number of rotatable bonds is 5. The molecule has 22 heavy (non-hydrogen) atoms. The molecule has 0 radical (unpaired) electrons. The number of hydrogen-bond acceptors (Lipinski definition) is 3. The van der Waals surface area contributed by atoms with Crippen molar-refractivity contribution in [2.75, 3.05) is 11.1 Å². The van der Waals surface area contributed by atoms with Gasteiger partial charge in [0.15, 0.2) is 0 Å². The molecule has 2 aromatic rings. The van der Waals surface area contributed by atoms with Gasteiger partial charge in [0, 0.05) is 21.4 Å². The summed E-state index contributed by atoms with van der Waals surface area (Å²) in [5, 5.41) is 13.6. The van der Waals surface area contributed by atoms with E-state index < -0.39 is 11.5 Å². The second-order valence-corrected chi connectivity index (χ2v) is 6.83. The van der Waals surface area contributed by atoms with Crippen molar-refractivity contribution in [3.8, 4) is 0 Å². The van der Waals surface area contributed by atoms with E-state index in [4.69, 9.17) is 11.6 Å². The summed E-state index contributed by atoms with van der Waals surface area (Å²) in [4.78, 5) is 13.2. The zero-order chi connectivity index (χ0) is 16.2. The van der Waals surface area contributed by atoms with Gasteiger partial charge in [0.2, 0.25) is 0 Å². The van der Waals surface area contributed by atoms with E-state index in [0.29, 0.717) is 10.7 Å². The molecule has 0 aliphatic heterocycles. The van der Waals surface area contributed by atoms with Gasteiger partial charge in [-0.15, -0.1) is 11.8 Å². The Balaban J connectivity index is 1.96. The summed E-state index contributed by atoms with van der Waals surface area (Å²) in [6, 6.07) is 14.8. The first kappa shape index (κ1) is 16.9. The highest BCUT2D eigenvalue weighted by Crippen LogP contribution is 2.24. The minimum atomic E-state index is -1.47. The lowest BCUT2D eigenvalue weighted by molar-refractivity contribution is -0.130. The third kappa shape index (κ3) is 4.77. The predicted octanol–water partition coefficient (Wildman–Crippen LogP) is 4.13. The Labute approximate surface area is 139 Å². The molecule has 116 valence electrons. The van der Waals surface area contributed by atoms with E-state index in [0.717, 1.165) is 4.90 Å². The molecular weight excluding hydrogens is 318 g/mol. The van der Waals surface area contributed by atoms with Gasteiger partial charge in [0.1, 0.15) is 5.60 Å². The third-order valence-corrected chi connectivity index (χ3v) is 4.66. The van der Waals surface area contributed by atoms with E-state index >= 15 is 0 Å². The first-order valence-corrected chi connectivity index (χ1v) is 8.22. The molecule has 1 atom stereocenters.